The SMILES string of the molecule is CC(C)[C@H](OC(=O)Nc1ccccc1)C(=O)N[C@@H](CC(=O)O)C(=O)COP(=O)(c1ccccc1)c1ccccc1. The van der Waals surface area contributed by atoms with Crippen molar-refractivity contribution in [2.24, 2.45) is 5.92 Å². The van der Waals surface area contributed by atoms with E-state index >= 15 is 0 Å². The van der Waals surface area contributed by atoms with E-state index in [-0.39, 0.29) is 0 Å². The molecular formula is C29H31N2O8P. The molecule has 10 nitrogen and oxygen atoms in total. The zero-order valence-corrected chi connectivity index (χ0v) is 23.0. The molecule has 210 valence electrons. The third-order valence-electron chi connectivity index (χ3n) is 5.78. The van der Waals surface area contributed by atoms with E-state index in [1.807, 2.05) is 0 Å². The average molecular weight is 567 g/mol. The van der Waals surface area contributed by atoms with E-state index in [4.69, 9.17) is 9.26 Å². The van der Waals surface area contributed by atoms with Gasteiger partial charge in [0.05, 0.1) is 6.42 Å². The normalized spacial score (nSPS) is 12.7. The highest BCUT2D eigenvalue weighted by Gasteiger charge is 2.34. The number of amides is 2. The Morgan fingerprint density at radius 2 is 1.32 bits per heavy atom. The lowest BCUT2D eigenvalue weighted by molar-refractivity contribution is -0.141. The monoisotopic (exact) mass is 566 g/mol. The predicted molar refractivity (Wildman–Crippen MR) is 150 cm³/mol. The summed E-state index contributed by atoms with van der Waals surface area (Å²) in [7, 11) is -3.73. The van der Waals surface area contributed by atoms with Gasteiger partial charge in [-0.1, -0.05) is 68.4 Å². The number of hydrogen-bond acceptors (Lipinski definition) is 7. The second-order valence-electron chi connectivity index (χ2n) is 9.18. The number of carbonyl (C=O) groups excluding carboxylic acids is 3. The van der Waals surface area contributed by atoms with Gasteiger partial charge in [0.2, 0.25) is 0 Å². The fourth-order valence-electron chi connectivity index (χ4n) is 3.75. The number of ketones is 1. The van der Waals surface area contributed by atoms with Gasteiger partial charge in [-0.15, -0.1) is 0 Å². The van der Waals surface area contributed by atoms with Gasteiger partial charge in [-0.2, -0.15) is 0 Å². The minimum atomic E-state index is -3.73. The molecule has 0 aromatic heterocycles. The van der Waals surface area contributed by atoms with E-state index in [0.29, 0.717) is 16.3 Å². The van der Waals surface area contributed by atoms with Crippen LogP contribution in [0, 0.1) is 5.92 Å². The number of ether oxygens (including phenoxy) is 1. The number of benzene rings is 3. The Morgan fingerprint density at radius 3 is 1.80 bits per heavy atom. The molecule has 0 aliphatic heterocycles. The van der Waals surface area contributed by atoms with Gasteiger partial charge in [0.25, 0.3) is 13.3 Å². The van der Waals surface area contributed by atoms with E-state index in [2.05, 4.69) is 10.6 Å². The molecule has 2 atom stereocenters. The number of nitrogens with one attached hydrogen (secondary N) is 2. The summed E-state index contributed by atoms with van der Waals surface area (Å²) in [5.74, 6) is -3.52. The van der Waals surface area contributed by atoms with Crippen molar-refractivity contribution in [3.05, 3.63) is 91.0 Å². The van der Waals surface area contributed by atoms with Crippen LogP contribution in [0.4, 0.5) is 10.5 Å². The molecule has 0 radical (unpaired) electrons. The van der Waals surface area contributed by atoms with E-state index < -0.39 is 62.2 Å². The number of Topliss-reactive ketones (excluding diaryl/α,β-unsaturated/α-hetero) is 1. The summed E-state index contributed by atoms with van der Waals surface area (Å²) in [6, 6.07) is 23.6. The zero-order chi connectivity index (χ0) is 29.1. The summed E-state index contributed by atoms with van der Waals surface area (Å²) < 4.78 is 25.0. The molecule has 0 aliphatic rings. The molecule has 0 bridgehead atoms. The Bertz CT molecular complexity index is 1310. The molecule has 3 rings (SSSR count). The summed E-state index contributed by atoms with van der Waals surface area (Å²) in [6.45, 7) is 2.53. The number of carboxylic acid groups (broad SMARTS) is 1. The number of aliphatic carboxylic acids is 1. The van der Waals surface area contributed by atoms with Crippen molar-refractivity contribution in [2.75, 3.05) is 11.9 Å². The maximum atomic E-state index is 14.0. The molecular weight excluding hydrogens is 535 g/mol. The topological polar surface area (TPSA) is 148 Å². The molecule has 0 saturated heterocycles. The van der Waals surface area contributed by atoms with Gasteiger partial charge in [0.15, 0.2) is 11.9 Å². The molecule has 0 unspecified atom stereocenters. The molecule has 0 spiro atoms. The van der Waals surface area contributed by atoms with E-state index in [9.17, 15) is 28.8 Å². The molecule has 11 heteroatoms. The van der Waals surface area contributed by atoms with Crippen molar-refractivity contribution in [2.45, 2.75) is 32.4 Å². The highest BCUT2D eigenvalue weighted by molar-refractivity contribution is 7.74. The fourth-order valence-corrected chi connectivity index (χ4v) is 5.79. The van der Waals surface area contributed by atoms with Gasteiger partial charge in [-0.25, -0.2) is 4.79 Å². The molecule has 3 aromatic rings. The van der Waals surface area contributed by atoms with Crippen LogP contribution in [0.3, 0.4) is 0 Å². The minimum Gasteiger partial charge on any atom is -0.481 e. The number of anilines is 1. The summed E-state index contributed by atoms with van der Waals surface area (Å²) >= 11 is 0. The third kappa shape index (κ3) is 8.36. The van der Waals surface area contributed by atoms with Gasteiger partial charge in [0, 0.05) is 16.3 Å². The Hall–Kier alpha value is -4.27. The first-order chi connectivity index (χ1) is 19.1. The van der Waals surface area contributed by atoms with Gasteiger partial charge in [-0.05, 0) is 42.3 Å². The van der Waals surface area contributed by atoms with Crippen LogP contribution in [-0.4, -0.2) is 47.6 Å². The number of carboxylic acids is 1. The van der Waals surface area contributed by atoms with Crippen LogP contribution >= 0.6 is 7.37 Å². The van der Waals surface area contributed by atoms with Crippen molar-refractivity contribution >= 4 is 47.4 Å². The van der Waals surface area contributed by atoms with Crippen molar-refractivity contribution < 1.29 is 38.1 Å². The van der Waals surface area contributed by atoms with E-state index in [1.165, 1.54) is 0 Å². The average Bonchev–Trinajstić information content (AvgIpc) is 2.95. The summed E-state index contributed by atoms with van der Waals surface area (Å²) in [6.07, 6.45) is -2.97. The second kappa shape index (κ2) is 14.2. The Kier molecular flexibility index (Phi) is 10.8. The van der Waals surface area contributed by atoms with Gasteiger partial charge < -0.3 is 19.7 Å². The third-order valence-corrected chi connectivity index (χ3v) is 8.23. The second-order valence-corrected chi connectivity index (χ2v) is 11.6. The number of para-hydroxylation sites is 1. The molecule has 0 heterocycles. The van der Waals surface area contributed by atoms with E-state index in [0.717, 1.165) is 0 Å². The summed E-state index contributed by atoms with van der Waals surface area (Å²) in [4.78, 5) is 50.1. The van der Waals surface area contributed by atoms with Crippen LogP contribution in [0.15, 0.2) is 91.0 Å². The molecule has 40 heavy (non-hydrogen) atoms. The smallest absolute Gasteiger partial charge is 0.412 e. The Balaban J connectivity index is 1.74. The first kappa shape index (κ1) is 30.3. The maximum absolute atomic E-state index is 14.0. The first-order valence-corrected chi connectivity index (χ1v) is 14.2. The Morgan fingerprint density at radius 1 is 0.825 bits per heavy atom. The number of rotatable bonds is 13. The Labute approximate surface area is 232 Å². The largest absolute Gasteiger partial charge is 0.481 e. The first-order valence-electron chi connectivity index (χ1n) is 12.5. The summed E-state index contributed by atoms with van der Waals surface area (Å²) in [5, 5.41) is 15.0. The minimum absolute atomic E-state index is 0.352. The molecule has 0 fully saturated rings. The fraction of sp³-hybridized carbons (Fsp3) is 0.241. The lowest BCUT2D eigenvalue weighted by atomic mass is 10.0. The highest BCUT2D eigenvalue weighted by Crippen LogP contribution is 2.44. The van der Waals surface area contributed by atoms with Crippen LogP contribution in [-0.2, 0) is 28.2 Å². The maximum Gasteiger partial charge on any atom is 0.412 e. The van der Waals surface area contributed by atoms with Crippen LogP contribution in [0.1, 0.15) is 20.3 Å². The van der Waals surface area contributed by atoms with Gasteiger partial charge >= 0.3 is 12.1 Å². The van der Waals surface area contributed by atoms with Crippen molar-refractivity contribution in [1.29, 1.82) is 0 Å². The van der Waals surface area contributed by atoms with Crippen molar-refractivity contribution in [1.82, 2.24) is 5.32 Å². The quantitative estimate of drug-likeness (QED) is 0.265. The van der Waals surface area contributed by atoms with Crippen molar-refractivity contribution in [3.63, 3.8) is 0 Å². The molecule has 2 amide bonds. The molecule has 0 aliphatic carbocycles. The van der Waals surface area contributed by atoms with Crippen molar-refractivity contribution in [3.8, 4) is 0 Å². The molecule has 3 N–H and O–H groups in total. The zero-order valence-electron chi connectivity index (χ0n) is 22.1. The van der Waals surface area contributed by atoms with Crippen LogP contribution in [0.25, 0.3) is 0 Å². The van der Waals surface area contributed by atoms with Gasteiger partial charge in [-0.3, -0.25) is 24.3 Å². The van der Waals surface area contributed by atoms with Crippen LogP contribution < -0.4 is 21.2 Å². The lowest BCUT2D eigenvalue weighted by Crippen LogP contribution is -2.50. The number of carbonyl (C=O) groups is 4. The lowest BCUT2D eigenvalue weighted by Gasteiger charge is -2.24. The van der Waals surface area contributed by atoms with Crippen LogP contribution in [0.5, 0.6) is 0 Å². The standard InChI is InChI=1S/C29H31N2O8P/c1-20(2)27(39-29(36)30-21-12-6-3-7-13-21)28(35)31-24(18-26(33)34)25(32)19-38-40(37,22-14-8-4-9-15-22)23-16-10-5-11-17-23/h3-17,20,24,27H,18-19H2,1-2H3,(H,30,36)(H,31,35)(H,33,34)/t24-,27-/m0/s1. The molecule has 0 saturated carbocycles. The van der Waals surface area contributed by atoms with Crippen LogP contribution in [0.2, 0.25) is 0 Å². The van der Waals surface area contributed by atoms with Gasteiger partial charge in [0.1, 0.15) is 12.6 Å². The predicted octanol–water partition coefficient (Wildman–Crippen LogP) is 3.73. The highest BCUT2D eigenvalue weighted by atomic mass is 31.2. The summed E-state index contributed by atoms with van der Waals surface area (Å²) in [5.41, 5.74) is 0.452. The van der Waals surface area contributed by atoms with E-state index in [1.54, 1.807) is 105 Å². The number of hydrogen-bond donors (Lipinski definition) is 3. The molecule has 3 aromatic carbocycles.